The minimum absolute atomic E-state index is 0.380. The lowest BCUT2D eigenvalue weighted by atomic mass is 9.82. The lowest BCUT2D eigenvalue weighted by Crippen LogP contribution is -2.38. The Balaban J connectivity index is 1.35. The van der Waals surface area contributed by atoms with Crippen molar-refractivity contribution in [3.05, 3.63) is 28.4 Å². The summed E-state index contributed by atoms with van der Waals surface area (Å²) in [5, 5.41) is 20.3. The summed E-state index contributed by atoms with van der Waals surface area (Å²) >= 11 is 8.07. The Labute approximate surface area is 212 Å². The standard InChI is InChI=1S/C26H36ClN5OS/c1-3-18(2)31-20-6-4-19(5-7-20)12-21-13-22(23(27)14-29-21)24-15-34-25(32-24)30-17-26(16-28)8-10-33-11-9-26/h13-15,18-20,31H,3-12,17H2,1-2H3,(H,30,32)/t18-,19?,20?/m0/s1. The molecule has 2 aliphatic rings. The van der Waals surface area contributed by atoms with E-state index in [0.717, 1.165) is 41.3 Å². The van der Waals surface area contributed by atoms with E-state index >= 15 is 0 Å². The van der Waals surface area contributed by atoms with Gasteiger partial charge in [0, 0.05) is 54.7 Å². The first kappa shape index (κ1) is 25.4. The second kappa shape index (κ2) is 11.8. The summed E-state index contributed by atoms with van der Waals surface area (Å²) in [5.41, 5.74) is 2.50. The number of hydrogen-bond acceptors (Lipinski definition) is 7. The number of rotatable bonds is 9. The van der Waals surface area contributed by atoms with Crippen LogP contribution in [0.3, 0.4) is 0 Å². The molecule has 6 nitrogen and oxygen atoms in total. The molecule has 184 valence electrons. The molecule has 1 aliphatic heterocycles. The van der Waals surface area contributed by atoms with Gasteiger partial charge in [-0.3, -0.25) is 4.98 Å². The SMILES string of the molecule is CC[C@H](C)NC1CCC(Cc2cc(-c3csc(NCC4(C#N)CCOCC4)n3)c(Cl)cn2)CC1. The van der Waals surface area contributed by atoms with E-state index in [2.05, 4.69) is 41.6 Å². The normalized spacial score (nSPS) is 23.2. The van der Waals surface area contributed by atoms with Crippen LogP contribution in [0.2, 0.25) is 5.02 Å². The third kappa shape index (κ3) is 6.48. The van der Waals surface area contributed by atoms with Crippen LogP contribution in [0.25, 0.3) is 11.3 Å². The quantitative estimate of drug-likeness (QED) is 0.433. The Morgan fingerprint density at radius 1 is 1.29 bits per heavy atom. The first-order valence-corrected chi connectivity index (χ1v) is 13.9. The van der Waals surface area contributed by atoms with Crippen LogP contribution < -0.4 is 10.6 Å². The number of thiazole rings is 1. The largest absolute Gasteiger partial charge is 0.381 e. The summed E-state index contributed by atoms with van der Waals surface area (Å²) < 4.78 is 5.43. The summed E-state index contributed by atoms with van der Waals surface area (Å²) in [4.78, 5) is 9.40. The maximum Gasteiger partial charge on any atom is 0.183 e. The van der Waals surface area contributed by atoms with Crippen LogP contribution >= 0.6 is 22.9 Å². The van der Waals surface area contributed by atoms with Crippen LogP contribution in [-0.2, 0) is 11.2 Å². The summed E-state index contributed by atoms with van der Waals surface area (Å²) in [5.74, 6) is 0.672. The maximum absolute atomic E-state index is 9.68. The highest BCUT2D eigenvalue weighted by atomic mass is 35.5. The van der Waals surface area contributed by atoms with Gasteiger partial charge in [-0.2, -0.15) is 5.26 Å². The predicted octanol–water partition coefficient (Wildman–Crippen LogP) is 6.08. The van der Waals surface area contributed by atoms with Crippen LogP contribution in [-0.4, -0.2) is 41.8 Å². The monoisotopic (exact) mass is 501 g/mol. The summed E-state index contributed by atoms with van der Waals surface area (Å²) in [7, 11) is 0. The molecule has 34 heavy (non-hydrogen) atoms. The zero-order valence-corrected chi connectivity index (χ0v) is 21.9. The molecule has 3 heterocycles. The first-order chi connectivity index (χ1) is 16.5. The lowest BCUT2D eigenvalue weighted by molar-refractivity contribution is 0.0456. The molecule has 4 rings (SSSR count). The van der Waals surface area contributed by atoms with Crippen molar-refractivity contribution < 1.29 is 4.74 Å². The van der Waals surface area contributed by atoms with Gasteiger partial charge in [0.05, 0.1) is 22.2 Å². The fourth-order valence-electron chi connectivity index (χ4n) is 4.95. The van der Waals surface area contributed by atoms with Gasteiger partial charge in [0.15, 0.2) is 5.13 Å². The average Bonchev–Trinajstić information content (AvgIpc) is 3.34. The molecule has 0 spiro atoms. The van der Waals surface area contributed by atoms with Gasteiger partial charge in [0.25, 0.3) is 0 Å². The fourth-order valence-corrected chi connectivity index (χ4v) is 5.86. The number of hydrogen-bond donors (Lipinski definition) is 2. The van der Waals surface area contributed by atoms with Crippen molar-refractivity contribution in [2.75, 3.05) is 25.1 Å². The Kier molecular flexibility index (Phi) is 8.81. The number of nitrogens with zero attached hydrogens (tertiary/aromatic N) is 3. The van der Waals surface area contributed by atoms with Crippen molar-refractivity contribution in [1.82, 2.24) is 15.3 Å². The molecule has 1 aliphatic carbocycles. The molecule has 0 bridgehead atoms. The highest BCUT2D eigenvalue weighted by molar-refractivity contribution is 7.14. The highest BCUT2D eigenvalue weighted by Gasteiger charge is 2.32. The first-order valence-electron chi connectivity index (χ1n) is 12.6. The van der Waals surface area contributed by atoms with E-state index in [1.54, 1.807) is 17.5 Å². The van der Waals surface area contributed by atoms with Gasteiger partial charge in [0.1, 0.15) is 0 Å². The van der Waals surface area contributed by atoms with Gasteiger partial charge < -0.3 is 15.4 Å². The summed E-state index contributed by atoms with van der Waals surface area (Å²) in [6.07, 6.45) is 10.4. The number of nitrogens with one attached hydrogen (secondary N) is 2. The third-order valence-electron chi connectivity index (χ3n) is 7.43. The second-order valence-electron chi connectivity index (χ2n) is 9.95. The number of anilines is 1. The van der Waals surface area contributed by atoms with E-state index in [1.165, 1.54) is 32.1 Å². The second-order valence-corrected chi connectivity index (χ2v) is 11.2. The average molecular weight is 502 g/mol. The van der Waals surface area contributed by atoms with Gasteiger partial charge >= 0.3 is 0 Å². The summed E-state index contributed by atoms with van der Waals surface area (Å²) in [6.45, 7) is 6.39. The van der Waals surface area contributed by atoms with E-state index in [9.17, 15) is 5.26 Å². The van der Waals surface area contributed by atoms with Gasteiger partial charge in [-0.25, -0.2) is 4.98 Å². The molecule has 0 radical (unpaired) electrons. The van der Waals surface area contributed by atoms with Crippen molar-refractivity contribution in [1.29, 1.82) is 5.26 Å². The molecule has 0 aromatic carbocycles. The lowest BCUT2D eigenvalue weighted by Gasteiger charge is -2.31. The van der Waals surface area contributed by atoms with Crippen molar-refractivity contribution in [3.8, 4) is 17.3 Å². The molecule has 8 heteroatoms. The Morgan fingerprint density at radius 3 is 2.76 bits per heavy atom. The van der Waals surface area contributed by atoms with Crippen LogP contribution in [0.5, 0.6) is 0 Å². The van der Waals surface area contributed by atoms with Gasteiger partial charge in [-0.1, -0.05) is 18.5 Å². The number of aromatic nitrogens is 2. The fraction of sp³-hybridized carbons (Fsp3) is 0.654. The molecular weight excluding hydrogens is 466 g/mol. The minimum atomic E-state index is -0.380. The summed E-state index contributed by atoms with van der Waals surface area (Å²) in [6, 6.07) is 5.86. The molecule has 1 atom stereocenters. The number of halogens is 1. The minimum Gasteiger partial charge on any atom is -0.381 e. The van der Waals surface area contributed by atoms with Crippen LogP contribution in [0.1, 0.15) is 64.5 Å². The van der Waals surface area contributed by atoms with Crippen molar-refractivity contribution in [2.24, 2.45) is 11.3 Å². The Hall–Kier alpha value is -1.72. The van der Waals surface area contributed by atoms with E-state index in [-0.39, 0.29) is 5.41 Å². The smallest absolute Gasteiger partial charge is 0.183 e. The zero-order valence-electron chi connectivity index (χ0n) is 20.3. The van der Waals surface area contributed by atoms with Crippen molar-refractivity contribution >= 4 is 28.1 Å². The zero-order chi connectivity index (χ0) is 24.0. The predicted molar refractivity (Wildman–Crippen MR) is 139 cm³/mol. The highest BCUT2D eigenvalue weighted by Crippen LogP contribution is 2.34. The number of pyridine rings is 1. The molecule has 0 unspecified atom stereocenters. The Morgan fingerprint density at radius 2 is 2.06 bits per heavy atom. The van der Waals surface area contributed by atoms with Crippen LogP contribution in [0.15, 0.2) is 17.6 Å². The maximum atomic E-state index is 9.68. The van der Waals surface area contributed by atoms with Crippen molar-refractivity contribution in [3.63, 3.8) is 0 Å². The van der Waals surface area contributed by atoms with Gasteiger partial charge in [-0.05, 0) is 70.3 Å². The molecule has 1 saturated heterocycles. The van der Waals surface area contributed by atoms with E-state index < -0.39 is 0 Å². The molecule has 2 N–H and O–H groups in total. The van der Waals surface area contributed by atoms with Crippen molar-refractivity contribution in [2.45, 2.75) is 77.3 Å². The van der Waals surface area contributed by atoms with Crippen LogP contribution in [0.4, 0.5) is 5.13 Å². The molecule has 2 fully saturated rings. The number of ether oxygens (including phenoxy) is 1. The third-order valence-corrected chi connectivity index (χ3v) is 8.54. The number of nitriles is 1. The molecule has 2 aromatic heterocycles. The van der Waals surface area contributed by atoms with E-state index in [0.29, 0.717) is 42.8 Å². The topological polar surface area (TPSA) is 82.9 Å². The van der Waals surface area contributed by atoms with Gasteiger partial charge in [0.2, 0.25) is 0 Å². The molecular formula is C26H36ClN5OS. The molecule has 1 saturated carbocycles. The van der Waals surface area contributed by atoms with Gasteiger partial charge in [-0.15, -0.1) is 11.3 Å². The molecule has 0 amide bonds. The van der Waals surface area contributed by atoms with E-state index in [4.69, 9.17) is 21.3 Å². The van der Waals surface area contributed by atoms with Crippen LogP contribution in [0, 0.1) is 22.7 Å². The van der Waals surface area contributed by atoms with E-state index in [1.807, 2.05) is 5.38 Å². The Bertz CT molecular complexity index is 976. The molecule has 2 aromatic rings.